The van der Waals surface area contributed by atoms with Crippen molar-refractivity contribution in [3.05, 3.63) is 23.8 Å². The summed E-state index contributed by atoms with van der Waals surface area (Å²) in [4.78, 5) is 0. The first kappa shape index (κ1) is 13.4. The molecule has 0 amide bonds. The van der Waals surface area contributed by atoms with Crippen LogP contribution in [-0.4, -0.2) is 11.2 Å². The van der Waals surface area contributed by atoms with Gasteiger partial charge in [0.1, 0.15) is 0 Å². The Kier molecular flexibility index (Phi) is 7.50. The Bertz CT molecular complexity index is 191. The van der Waals surface area contributed by atoms with Crippen LogP contribution >= 0.6 is 0 Å². The van der Waals surface area contributed by atoms with Crippen LogP contribution in [0.15, 0.2) is 23.8 Å². The maximum atomic E-state index is 9.72. The molecule has 0 aromatic heterocycles. The average molecular weight is 196 g/mol. The quantitative estimate of drug-likeness (QED) is 0.484. The van der Waals surface area contributed by atoms with Crippen molar-refractivity contribution >= 4 is 0 Å². The van der Waals surface area contributed by atoms with Crippen molar-refractivity contribution in [1.82, 2.24) is 0 Å². The summed E-state index contributed by atoms with van der Waals surface area (Å²) in [6.07, 6.45) is 7.37. The fourth-order valence-electron chi connectivity index (χ4n) is 1.35. The number of rotatable bonds is 7. The lowest BCUT2D eigenvalue weighted by Gasteiger charge is -2.10. The van der Waals surface area contributed by atoms with E-state index < -0.39 is 0 Å². The van der Waals surface area contributed by atoms with Gasteiger partial charge < -0.3 is 5.11 Å². The first-order valence-corrected chi connectivity index (χ1v) is 5.57. The molecule has 1 atom stereocenters. The minimum atomic E-state index is -0.325. The highest BCUT2D eigenvalue weighted by Crippen LogP contribution is 2.12. The molecule has 0 aliphatic carbocycles. The van der Waals surface area contributed by atoms with Crippen LogP contribution in [-0.2, 0) is 0 Å². The van der Waals surface area contributed by atoms with Gasteiger partial charge in [0.15, 0.2) is 0 Å². The van der Waals surface area contributed by atoms with Gasteiger partial charge in [0, 0.05) is 0 Å². The highest BCUT2D eigenvalue weighted by atomic mass is 16.3. The number of aliphatic hydroxyl groups excluding tert-OH is 1. The van der Waals surface area contributed by atoms with Gasteiger partial charge in [0.25, 0.3) is 0 Å². The Labute approximate surface area is 88.5 Å². The molecule has 82 valence electrons. The topological polar surface area (TPSA) is 20.2 Å². The molecule has 1 heteroatoms. The first-order chi connectivity index (χ1) is 6.57. The smallest absolute Gasteiger partial charge is 0.0784 e. The monoisotopic (exact) mass is 196 g/mol. The van der Waals surface area contributed by atoms with Gasteiger partial charge in [-0.15, -0.1) is 6.58 Å². The summed E-state index contributed by atoms with van der Waals surface area (Å²) in [5.74, 6) is 0. The molecule has 0 aromatic rings. The van der Waals surface area contributed by atoms with Crippen molar-refractivity contribution in [2.24, 2.45) is 0 Å². The van der Waals surface area contributed by atoms with Crippen molar-refractivity contribution < 1.29 is 5.11 Å². The average Bonchev–Trinajstić information content (AvgIpc) is 2.11. The molecule has 1 nitrogen and oxygen atoms in total. The molecule has 0 bridgehead atoms. The van der Waals surface area contributed by atoms with Gasteiger partial charge in [0.2, 0.25) is 0 Å². The minimum absolute atomic E-state index is 0.325. The Morgan fingerprint density at radius 3 is 2.50 bits per heavy atom. The Balaban J connectivity index is 3.78. The van der Waals surface area contributed by atoms with E-state index in [0.717, 1.165) is 17.6 Å². The normalized spacial score (nSPS) is 14.1. The minimum Gasteiger partial charge on any atom is -0.388 e. The summed E-state index contributed by atoms with van der Waals surface area (Å²) < 4.78 is 0. The molecule has 0 aliphatic heterocycles. The zero-order valence-electron chi connectivity index (χ0n) is 9.84. The van der Waals surface area contributed by atoms with Crippen LogP contribution in [0.2, 0.25) is 0 Å². The van der Waals surface area contributed by atoms with Gasteiger partial charge >= 0.3 is 0 Å². The number of hydrogen-bond acceptors (Lipinski definition) is 1. The Morgan fingerprint density at radius 1 is 1.36 bits per heavy atom. The van der Waals surface area contributed by atoms with Crippen molar-refractivity contribution in [1.29, 1.82) is 0 Å². The molecule has 0 aliphatic rings. The summed E-state index contributed by atoms with van der Waals surface area (Å²) in [6, 6.07) is 0. The standard InChI is InChI=1S/C13H24O/c1-5-6-7-8-9-12(4)13(14)10-11(2)3/h9,13-14H,2,5-8,10H2,1,3-4H3/b12-9+/t13-/m0/s1. The van der Waals surface area contributed by atoms with Crippen LogP contribution in [0.25, 0.3) is 0 Å². The summed E-state index contributed by atoms with van der Waals surface area (Å²) in [6.45, 7) is 9.95. The second-order valence-electron chi connectivity index (χ2n) is 4.12. The lowest BCUT2D eigenvalue weighted by atomic mass is 10.0. The van der Waals surface area contributed by atoms with Crippen molar-refractivity contribution in [3.63, 3.8) is 0 Å². The zero-order chi connectivity index (χ0) is 11.0. The van der Waals surface area contributed by atoms with E-state index in [1.807, 2.05) is 13.8 Å². The van der Waals surface area contributed by atoms with Crippen molar-refractivity contribution in [3.8, 4) is 0 Å². The third-order valence-corrected chi connectivity index (χ3v) is 2.34. The fraction of sp³-hybridized carbons (Fsp3) is 0.692. The molecule has 0 spiro atoms. The third kappa shape index (κ3) is 6.90. The number of hydrogen-bond donors (Lipinski definition) is 1. The SMILES string of the molecule is C=C(C)C[C@H](O)/C(C)=C/CCCCC. The van der Waals surface area contributed by atoms with Gasteiger partial charge in [-0.3, -0.25) is 0 Å². The predicted molar refractivity (Wildman–Crippen MR) is 63.3 cm³/mol. The fourth-order valence-corrected chi connectivity index (χ4v) is 1.35. The molecule has 0 heterocycles. The van der Waals surface area contributed by atoms with Gasteiger partial charge in [-0.25, -0.2) is 0 Å². The zero-order valence-corrected chi connectivity index (χ0v) is 9.84. The second-order valence-corrected chi connectivity index (χ2v) is 4.12. The number of allylic oxidation sites excluding steroid dienone is 1. The molecule has 0 saturated carbocycles. The summed E-state index contributed by atoms with van der Waals surface area (Å²) in [5, 5.41) is 9.72. The van der Waals surface area contributed by atoms with E-state index in [1.54, 1.807) is 0 Å². The lowest BCUT2D eigenvalue weighted by molar-refractivity contribution is 0.211. The van der Waals surface area contributed by atoms with Crippen LogP contribution in [0, 0.1) is 0 Å². The maximum absolute atomic E-state index is 9.72. The number of unbranched alkanes of at least 4 members (excludes halogenated alkanes) is 3. The van der Waals surface area contributed by atoms with Gasteiger partial charge in [-0.05, 0) is 38.7 Å². The molecule has 0 radical (unpaired) electrons. The van der Waals surface area contributed by atoms with E-state index in [2.05, 4.69) is 19.6 Å². The molecular formula is C13H24O. The summed E-state index contributed by atoms with van der Waals surface area (Å²) >= 11 is 0. The second kappa shape index (κ2) is 7.81. The van der Waals surface area contributed by atoms with E-state index in [1.165, 1.54) is 19.3 Å². The van der Waals surface area contributed by atoms with E-state index in [0.29, 0.717) is 6.42 Å². The molecule has 0 aromatic carbocycles. The van der Waals surface area contributed by atoms with E-state index >= 15 is 0 Å². The predicted octanol–water partition coefficient (Wildman–Crippen LogP) is 3.84. The molecular weight excluding hydrogens is 172 g/mol. The van der Waals surface area contributed by atoms with Crippen molar-refractivity contribution in [2.45, 2.75) is 59.0 Å². The summed E-state index contributed by atoms with van der Waals surface area (Å²) in [5.41, 5.74) is 2.13. The third-order valence-electron chi connectivity index (χ3n) is 2.34. The highest BCUT2D eigenvalue weighted by molar-refractivity contribution is 5.08. The van der Waals surface area contributed by atoms with Crippen LogP contribution in [0.4, 0.5) is 0 Å². The van der Waals surface area contributed by atoms with Gasteiger partial charge in [-0.2, -0.15) is 0 Å². The van der Waals surface area contributed by atoms with E-state index in [4.69, 9.17) is 0 Å². The molecule has 0 saturated heterocycles. The number of aliphatic hydroxyl groups is 1. The van der Waals surface area contributed by atoms with Crippen molar-refractivity contribution in [2.75, 3.05) is 0 Å². The van der Waals surface area contributed by atoms with Gasteiger partial charge in [-0.1, -0.05) is 31.4 Å². The molecule has 0 unspecified atom stereocenters. The van der Waals surface area contributed by atoms with Crippen LogP contribution in [0.5, 0.6) is 0 Å². The molecule has 0 rings (SSSR count). The van der Waals surface area contributed by atoms with Crippen LogP contribution in [0.1, 0.15) is 52.9 Å². The Morgan fingerprint density at radius 2 is 2.00 bits per heavy atom. The maximum Gasteiger partial charge on any atom is 0.0784 e. The molecule has 14 heavy (non-hydrogen) atoms. The van der Waals surface area contributed by atoms with Crippen LogP contribution < -0.4 is 0 Å². The van der Waals surface area contributed by atoms with Gasteiger partial charge in [0.05, 0.1) is 6.10 Å². The first-order valence-electron chi connectivity index (χ1n) is 5.57. The highest BCUT2D eigenvalue weighted by Gasteiger charge is 2.05. The van der Waals surface area contributed by atoms with E-state index in [9.17, 15) is 5.11 Å². The van der Waals surface area contributed by atoms with Crippen LogP contribution in [0.3, 0.4) is 0 Å². The lowest BCUT2D eigenvalue weighted by Crippen LogP contribution is -2.08. The Hall–Kier alpha value is -0.560. The molecule has 1 N–H and O–H groups in total. The summed E-state index contributed by atoms with van der Waals surface area (Å²) in [7, 11) is 0. The molecule has 0 fully saturated rings. The van der Waals surface area contributed by atoms with E-state index in [-0.39, 0.29) is 6.10 Å². The largest absolute Gasteiger partial charge is 0.388 e.